The average molecular weight is 660 g/mol. The minimum absolute atomic E-state index is 0.0247. The van der Waals surface area contributed by atoms with Crippen LogP contribution in [0.5, 0.6) is 0 Å². The second-order valence-electron chi connectivity index (χ2n) is 12.9. The van der Waals surface area contributed by atoms with Crippen molar-refractivity contribution >= 4 is 17.9 Å². The first-order valence-electron chi connectivity index (χ1n) is 17.9. The van der Waals surface area contributed by atoms with Crippen molar-refractivity contribution in [2.45, 2.75) is 129 Å². The molecule has 47 heavy (non-hydrogen) atoms. The van der Waals surface area contributed by atoms with Crippen LogP contribution in [0.25, 0.3) is 0 Å². The number of nitrogens with zero attached hydrogens (tertiary/aromatic N) is 1. The van der Waals surface area contributed by atoms with Crippen molar-refractivity contribution < 1.29 is 38.2 Å². The third-order valence-electron chi connectivity index (χ3n) is 7.55. The number of carboxylic acid groups (broad SMARTS) is 1. The molecule has 0 saturated carbocycles. The summed E-state index contributed by atoms with van der Waals surface area (Å²) in [5.41, 5.74) is 0. The van der Waals surface area contributed by atoms with Crippen LogP contribution in [-0.2, 0) is 28.6 Å². The first kappa shape index (κ1) is 44.0. The second-order valence-corrected chi connectivity index (χ2v) is 12.9. The van der Waals surface area contributed by atoms with Gasteiger partial charge in [-0.25, -0.2) is 0 Å². The molecule has 0 aromatic rings. The molecule has 0 rings (SSSR count). The number of quaternary nitrogens is 1. The third-order valence-corrected chi connectivity index (χ3v) is 7.55. The summed E-state index contributed by atoms with van der Waals surface area (Å²) >= 11 is 0. The first-order chi connectivity index (χ1) is 22.6. The number of esters is 2. The zero-order valence-electron chi connectivity index (χ0n) is 30.2. The maximum absolute atomic E-state index is 12.5. The number of carbonyl (C=O) groups excluding carboxylic acids is 3. The molecule has 8 nitrogen and oxygen atoms in total. The lowest BCUT2D eigenvalue weighted by molar-refractivity contribution is -0.889. The van der Waals surface area contributed by atoms with Gasteiger partial charge in [0.05, 0.1) is 40.3 Å². The highest BCUT2D eigenvalue weighted by molar-refractivity contribution is 5.70. The summed E-state index contributed by atoms with van der Waals surface area (Å²) in [6, 6.07) is -0.731. The summed E-state index contributed by atoms with van der Waals surface area (Å²) in [6.07, 6.45) is 34.0. The molecule has 8 heteroatoms. The van der Waals surface area contributed by atoms with E-state index in [1.54, 1.807) is 21.1 Å². The maximum atomic E-state index is 12.5. The smallest absolute Gasteiger partial charge is 0.306 e. The van der Waals surface area contributed by atoms with Crippen LogP contribution >= 0.6 is 0 Å². The Kier molecular flexibility index (Phi) is 28.4. The number of aliphatic carboxylic acids is 1. The van der Waals surface area contributed by atoms with Gasteiger partial charge in [0.25, 0.3) is 0 Å². The largest absolute Gasteiger partial charge is 0.544 e. The number of unbranched alkanes of at least 4 members (excludes halogenated alkanes) is 10. The zero-order valence-corrected chi connectivity index (χ0v) is 30.2. The number of rotatable bonds is 30. The van der Waals surface area contributed by atoms with Crippen molar-refractivity contribution in [1.29, 1.82) is 0 Å². The molecule has 268 valence electrons. The summed E-state index contributed by atoms with van der Waals surface area (Å²) in [5.74, 6) is -1.81. The predicted octanol–water partition coefficient (Wildman–Crippen LogP) is 7.35. The molecule has 2 unspecified atom stereocenters. The predicted molar refractivity (Wildman–Crippen MR) is 189 cm³/mol. The van der Waals surface area contributed by atoms with E-state index in [1.807, 2.05) is 48.6 Å². The molecule has 0 aromatic carbocycles. The third kappa shape index (κ3) is 28.9. The molecule has 0 N–H and O–H groups in total. The van der Waals surface area contributed by atoms with Gasteiger partial charge in [0.15, 0.2) is 6.10 Å². The monoisotopic (exact) mass is 659 g/mol. The molecule has 0 aliphatic carbocycles. The van der Waals surface area contributed by atoms with Crippen LogP contribution in [0, 0.1) is 0 Å². The van der Waals surface area contributed by atoms with E-state index < -0.39 is 18.1 Å². The summed E-state index contributed by atoms with van der Waals surface area (Å²) in [5, 5.41) is 11.5. The highest BCUT2D eigenvalue weighted by atomic mass is 16.6. The van der Waals surface area contributed by atoms with Crippen LogP contribution in [0.1, 0.15) is 117 Å². The topological polar surface area (TPSA) is 102 Å². The summed E-state index contributed by atoms with van der Waals surface area (Å²) in [7, 11) is 5.37. The summed E-state index contributed by atoms with van der Waals surface area (Å²) < 4.78 is 17.0. The summed E-state index contributed by atoms with van der Waals surface area (Å²) in [4.78, 5) is 36.5. The Labute approximate surface area is 286 Å². The van der Waals surface area contributed by atoms with Crippen LogP contribution in [-0.4, -0.2) is 75.5 Å². The molecule has 0 spiro atoms. The fourth-order valence-electron chi connectivity index (χ4n) is 4.74. The SMILES string of the molecule is CC/C=C/C=C/C=C/C=C/C=C/CCCCCC(=O)OCC(COCCC(C(=O)[O-])[N+](C)(C)C)OC(=O)CCCCCCCCCC. The lowest BCUT2D eigenvalue weighted by Gasteiger charge is -2.34. The molecule has 0 amide bonds. The standard InChI is InChI=1S/C39H65NO7/c1-6-8-10-12-14-16-17-18-19-20-21-22-24-25-27-29-37(41)46-34-35(33-45-32-31-36(39(43)44)40(3,4)5)47-38(42)30-28-26-23-15-13-11-9-7-2/h8,10,12,14,16-21,35-36H,6-7,9,11,13,15,22-34H2,1-5H3/b10-8+,14-12+,17-16+,19-18+,21-20+. The van der Waals surface area contributed by atoms with Gasteiger partial charge in [-0.2, -0.15) is 0 Å². The highest BCUT2D eigenvalue weighted by Crippen LogP contribution is 2.12. The van der Waals surface area contributed by atoms with Gasteiger partial charge in [-0.3, -0.25) is 9.59 Å². The van der Waals surface area contributed by atoms with Gasteiger partial charge in [-0.05, 0) is 32.1 Å². The van der Waals surface area contributed by atoms with Crippen molar-refractivity contribution in [2.75, 3.05) is 41.0 Å². The first-order valence-corrected chi connectivity index (χ1v) is 17.9. The molecule has 0 heterocycles. The average Bonchev–Trinajstić information content (AvgIpc) is 3.01. The van der Waals surface area contributed by atoms with E-state index in [0.717, 1.165) is 51.4 Å². The van der Waals surface area contributed by atoms with E-state index in [2.05, 4.69) is 26.0 Å². The van der Waals surface area contributed by atoms with Gasteiger partial charge < -0.3 is 28.6 Å². The Hall–Kier alpha value is -2.97. The van der Waals surface area contributed by atoms with Crippen molar-refractivity contribution in [3.8, 4) is 0 Å². The van der Waals surface area contributed by atoms with Gasteiger partial charge >= 0.3 is 11.9 Å². The lowest BCUT2D eigenvalue weighted by Crippen LogP contribution is -2.55. The quantitative estimate of drug-likeness (QED) is 0.0344. The molecule has 0 aromatic heterocycles. The zero-order chi connectivity index (χ0) is 35.0. The molecule has 0 saturated heterocycles. The van der Waals surface area contributed by atoms with E-state index in [9.17, 15) is 19.5 Å². The van der Waals surface area contributed by atoms with E-state index >= 15 is 0 Å². The molecular formula is C39H65NO7. The van der Waals surface area contributed by atoms with Gasteiger partial charge in [-0.15, -0.1) is 0 Å². The van der Waals surface area contributed by atoms with Crippen molar-refractivity contribution in [2.24, 2.45) is 0 Å². The molecule has 0 aliphatic heterocycles. The Morgan fingerprint density at radius 2 is 1.19 bits per heavy atom. The van der Waals surface area contributed by atoms with Crippen molar-refractivity contribution in [1.82, 2.24) is 0 Å². The number of carboxylic acids is 1. The van der Waals surface area contributed by atoms with E-state index in [-0.39, 0.29) is 42.7 Å². The summed E-state index contributed by atoms with van der Waals surface area (Å²) in [6.45, 7) is 4.40. The fraction of sp³-hybridized carbons (Fsp3) is 0.667. The van der Waals surface area contributed by atoms with Crippen molar-refractivity contribution in [3.63, 3.8) is 0 Å². The normalized spacial score (nSPS) is 13.8. The van der Waals surface area contributed by atoms with Crippen molar-refractivity contribution in [3.05, 3.63) is 60.8 Å². The Morgan fingerprint density at radius 3 is 1.77 bits per heavy atom. The van der Waals surface area contributed by atoms with Crippen LogP contribution in [0.4, 0.5) is 0 Å². The Bertz CT molecular complexity index is 959. The molecule has 0 aliphatic rings. The van der Waals surface area contributed by atoms with Gasteiger partial charge in [0, 0.05) is 19.3 Å². The van der Waals surface area contributed by atoms with Gasteiger partial charge in [0.2, 0.25) is 0 Å². The lowest BCUT2D eigenvalue weighted by atomic mass is 10.1. The van der Waals surface area contributed by atoms with Crippen LogP contribution < -0.4 is 5.11 Å². The van der Waals surface area contributed by atoms with E-state index in [4.69, 9.17) is 14.2 Å². The van der Waals surface area contributed by atoms with E-state index in [0.29, 0.717) is 12.8 Å². The van der Waals surface area contributed by atoms with E-state index in [1.165, 1.54) is 32.1 Å². The van der Waals surface area contributed by atoms with Gasteiger partial charge in [0.1, 0.15) is 12.6 Å². The molecular weight excluding hydrogens is 594 g/mol. The van der Waals surface area contributed by atoms with Crippen LogP contribution in [0.15, 0.2) is 60.8 Å². The molecule has 0 fully saturated rings. The maximum Gasteiger partial charge on any atom is 0.306 e. The van der Waals surface area contributed by atoms with Crippen LogP contribution in [0.2, 0.25) is 0 Å². The highest BCUT2D eigenvalue weighted by Gasteiger charge is 2.25. The Balaban J connectivity index is 4.52. The number of allylic oxidation sites excluding steroid dienone is 10. The fourth-order valence-corrected chi connectivity index (χ4v) is 4.74. The minimum Gasteiger partial charge on any atom is -0.544 e. The Morgan fingerprint density at radius 1 is 0.660 bits per heavy atom. The number of hydrogen-bond donors (Lipinski definition) is 0. The second kappa shape index (κ2) is 30.4. The van der Waals surface area contributed by atoms with Gasteiger partial charge in [-0.1, -0.05) is 126 Å². The molecule has 2 atom stereocenters. The molecule has 0 radical (unpaired) electrons. The number of hydrogen-bond acceptors (Lipinski definition) is 7. The number of likely N-dealkylation sites (N-methyl/N-ethyl adjacent to an activating group) is 1. The van der Waals surface area contributed by atoms with Crippen LogP contribution in [0.3, 0.4) is 0 Å². The minimum atomic E-state index is -1.14. The number of ether oxygens (including phenoxy) is 3. The molecule has 0 bridgehead atoms. The number of carbonyl (C=O) groups is 3.